The Morgan fingerprint density at radius 3 is 2.93 bits per heavy atom. The molecule has 15 heavy (non-hydrogen) atoms. The van der Waals surface area contributed by atoms with Gasteiger partial charge in [-0.1, -0.05) is 13.8 Å². The first kappa shape index (κ1) is 11.4. The summed E-state index contributed by atoms with van der Waals surface area (Å²) in [7, 11) is 0. The van der Waals surface area contributed by atoms with E-state index in [0.29, 0.717) is 5.41 Å². The van der Waals surface area contributed by atoms with Crippen molar-refractivity contribution in [3.63, 3.8) is 0 Å². The first-order valence-electron chi connectivity index (χ1n) is 5.28. The summed E-state index contributed by atoms with van der Waals surface area (Å²) in [4.78, 5) is 2.48. The van der Waals surface area contributed by atoms with Crippen LogP contribution in [0.25, 0.3) is 0 Å². The number of nitrogens with zero attached hydrogens (tertiary/aromatic N) is 1. The average molecular weight is 289 g/mol. The van der Waals surface area contributed by atoms with Gasteiger partial charge in [-0.2, -0.15) is 0 Å². The minimum absolute atomic E-state index is 0.354. The van der Waals surface area contributed by atoms with Crippen LogP contribution < -0.4 is 10.2 Å². The fourth-order valence-electron chi connectivity index (χ4n) is 1.96. The summed E-state index contributed by atoms with van der Waals surface area (Å²) in [5.74, 6) is 0. The van der Waals surface area contributed by atoms with Crippen molar-refractivity contribution in [2.45, 2.75) is 13.8 Å². The highest BCUT2D eigenvalue weighted by atomic mass is 79.9. The van der Waals surface area contributed by atoms with Crippen LogP contribution in [0.3, 0.4) is 0 Å². The Morgan fingerprint density at radius 1 is 1.47 bits per heavy atom. The number of thiophene rings is 1. The maximum absolute atomic E-state index is 3.52. The molecule has 0 spiro atoms. The monoisotopic (exact) mass is 288 g/mol. The largest absolute Gasteiger partial charge is 0.362 e. The third-order valence-electron chi connectivity index (χ3n) is 2.65. The lowest BCUT2D eigenvalue weighted by molar-refractivity contribution is 0.371. The number of halogens is 1. The zero-order valence-corrected chi connectivity index (χ0v) is 11.6. The van der Waals surface area contributed by atoms with Gasteiger partial charge in [0.05, 0.1) is 8.79 Å². The standard InChI is InChI=1S/C11H17BrN2S/c1-11(2)7-13-5-6-14(8-11)10-4-3-9(12)15-10/h3-4,13H,5-8H2,1-2H3. The van der Waals surface area contributed by atoms with Crippen molar-refractivity contribution in [2.75, 3.05) is 31.1 Å². The molecule has 1 fully saturated rings. The van der Waals surface area contributed by atoms with E-state index in [9.17, 15) is 0 Å². The van der Waals surface area contributed by atoms with Crippen LogP contribution in [0, 0.1) is 5.41 Å². The van der Waals surface area contributed by atoms with Gasteiger partial charge in [-0.25, -0.2) is 0 Å². The minimum Gasteiger partial charge on any atom is -0.362 e. The van der Waals surface area contributed by atoms with E-state index in [4.69, 9.17) is 0 Å². The molecule has 2 heterocycles. The molecule has 0 amide bonds. The second-order valence-corrected chi connectivity index (χ2v) is 7.28. The second-order valence-electron chi connectivity index (χ2n) is 4.84. The summed E-state index contributed by atoms with van der Waals surface area (Å²) >= 11 is 5.34. The van der Waals surface area contributed by atoms with Gasteiger partial charge in [-0.3, -0.25) is 0 Å². The summed E-state index contributed by atoms with van der Waals surface area (Å²) < 4.78 is 1.22. The lowest BCUT2D eigenvalue weighted by atomic mass is 9.93. The lowest BCUT2D eigenvalue weighted by Crippen LogP contribution is -2.34. The molecule has 1 N–H and O–H groups in total. The molecule has 0 radical (unpaired) electrons. The summed E-state index contributed by atoms with van der Waals surface area (Å²) in [5.41, 5.74) is 0.354. The van der Waals surface area contributed by atoms with Crippen LogP contribution >= 0.6 is 27.3 Å². The van der Waals surface area contributed by atoms with Crippen molar-refractivity contribution in [3.05, 3.63) is 15.9 Å². The Hall–Kier alpha value is -0.0600. The Morgan fingerprint density at radius 2 is 2.27 bits per heavy atom. The van der Waals surface area contributed by atoms with Gasteiger partial charge >= 0.3 is 0 Å². The highest BCUT2D eigenvalue weighted by Crippen LogP contribution is 2.32. The van der Waals surface area contributed by atoms with Crippen LogP contribution in [0.15, 0.2) is 15.9 Å². The number of nitrogens with one attached hydrogen (secondary N) is 1. The van der Waals surface area contributed by atoms with Gasteiger partial charge in [0, 0.05) is 26.2 Å². The summed E-state index contributed by atoms with van der Waals surface area (Å²) in [5, 5.41) is 4.87. The predicted octanol–water partition coefficient (Wildman–Crippen LogP) is 2.95. The third kappa shape index (κ3) is 2.95. The van der Waals surface area contributed by atoms with Crippen molar-refractivity contribution in [2.24, 2.45) is 5.41 Å². The summed E-state index contributed by atoms with van der Waals surface area (Å²) in [6, 6.07) is 4.33. The Labute approximate surface area is 104 Å². The van der Waals surface area contributed by atoms with E-state index in [-0.39, 0.29) is 0 Å². The van der Waals surface area contributed by atoms with Gasteiger partial charge in [-0.05, 0) is 33.5 Å². The van der Waals surface area contributed by atoms with E-state index in [1.807, 2.05) is 11.3 Å². The Kier molecular flexibility index (Phi) is 3.38. The maximum Gasteiger partial charge on any atom is 0.0920 e. The van der Waals surface area contributed by atoms with Crippen molar-refractivity contribution >= 4 is 32.3 Å². The Balaban J connectivity index is 2.14. The van der Waals surface area contributed by atoms with Gasteiger partial charge in [0.15, 0.2) is 0 Å². The van der Waals surface area contributed by atoms with E-state index >= 15 is 0 Å². The van der Waals surface area contributed by atoms with Gasteiger partial charge in [0.1, 0.15) is 0 Å². The predicted molar refractivity (Wildman–Crippen MR) is 70.9 cm³/mol. The molecule has 0 aliphatic carbocycles. The number of anilines is 1. The normalized spacial score (nSPS) is 21.4. The molecule has 0 saturated carbocycles. The molecular formula is C11H17BrN2S. The maximum atomic E-state index is 3.52. The fourth-order valence-corrected chi connectivity index (χ4v) is 3.34. The smallest absolute Gasteiger partial charge is 0.0920 e. The molecule has 0 atom stereocenters. The molecule has 1 aromatic rings. The fraction of sp³-hybridized carbons (Fsp3) is 0.636. The molecule has 1 aliphatic rings. The average Bonchev–Trinajstić information content (AvgIpc) is 2.49. The van der Waals surface area contributed by atoms with Crippen LogP contribution in [0.2, 0.25) is 0 Å². The highest BCUT2D eigenvalue weighted by molar-refractivity contribution is 9.11. The molecule has 0 bridgehead atoms. The second kappa shape index (κ2) is 4.44. The van der Waals surface area contributed by atoms with E-state index in [1.54, 1.807) is 0 Å². The van der Waals surface area contributed by atoms with E-state index < -0.39 is 0 Å². The van der Waals surface area contributed by atoms with Gasteiger partial charge in [0.25, 0.3) is 0 Å². The van der Waals surface area contributed by atoms with E-state index in [2.05, 4.69) is 52.1 Å². The summed E-state index contributed by atoms with van der Waals surface area (Å²) in [6.45, 7) is 9.07. The zero-order valence-electron chi connectivity index (χ0n) is 9.22. The number of rotatable bonds is 1. The quantitative estimate of drug-likeness (QED) is 0.855. The molecule has 1 saturated heterocycles. The van der Waals surface area contributed by atoms with Crippen molar-refractivity contribution in [1.82, 2.24) is 5.32 Å². The molecule has 0 aromatic carbocycles. The third-order valence-corrected chi connectivity index (χ3v) is 4.34. The Bertz CT molecular complexity index is 335. The lowest BCUT2D eigenvalue weighted by Gasteiger charge is -2.29. The molecule has 84 valence electrons. The molecule has 2 rings (SSSR count). The molecule has 2 nitrogen and oxygen atoms in total. The van der Waals surface area contributed by atoms with Crippen LogP contribution in [0.4, 0.5) is 5.00 Å². The first-order chi connectivity index (χ1) is 7.07. The van der Waals surface area contributed by atoms with Crippen molar-refractivity contribution in [3.8, 4) is 0 Å². The zero-order chi connectivity index (χ0) is 10.9. The van der Waals surface area contributed by atoms with Crippen molar-refractivity contribution < 1.29 is 0 Å². The topological polar surface area (TPSA) is 15.3 Å². The van der Waals surface area contributed by atoms with Crippen molar-refractivity contribution in [1.29, 1.82) is 0 Å². The number of hydrogen-bond donors (Lipinski definition) is 1. The molecule has 1 aromatic heterocycles. The van der Waals surface area contributed by atoms with Gasteiger partial charge in [-0.15, -0.1) is 11.3 Å². The van der Waals surface area contributed by atoms with E-state index in [1.165, 1.54) is 8.79 Å². The van der Waals surface area contributed by atoms with Gasteiger partial charge in [0.2, 0.25) is 0 Å². The summed E-state index contributed by atoms with van der Waals surface area (Å²) in [6.07, 6.45) is 0. The van der Waals surface area contributed by atoms with Gasteiger partial charge < -0.3 is 10.2 Å². The molecule has 1 aliphatic heterocycles. The van der Waals surface area contributed by atoms with Crippen LogP contribution in [-0.2, 0) is 0 Å². The van der Waals surface area contributed by atoms with E-state index in [0.717, 1.165) is 26.2 Å². The highest BCUT2D eigenvalue weighted by Gasteiger charge is 2.25. The van der Waals surface area contributed by atoms with Crippen LogP contribution in [0.5, 0.6) is 0 Å². The number of hydrogen-bond acceptors (Lipinski definition) is 3. The first-order valence-corrected chi connectivity index (χ1v) is 6.89. The van der Waals surface area contributed by atoms with Crippen LogP contribution in [-0.4, -0.2) is 26.2 Å². The molecular weight excluding hydrogens is 272 g/mol. The minimum atomic E-state index is 0.354. The SMILES string of the molecule is CC1(C)CNCCN(c2ccc(Br)s2)C1. The molecule has 0 unspecified atom stereocenters. The van der Waals surface area contributed by atoms with Crippen LogP contribution in [0.1, 0.15) is 13.8 Å². The molecule has 4 heteroatoms.